The Kier molecular flexibility index (Phi) is 4.55. The fourth-order valence-electron chi connectivity index (χ4n) is 2.41. The molecule has 1 aliphatic rings. The highest BCUT2D eigenvalue weighted by Gasteiger charge is 2.21. The third-order valence-corrected chi connectivity index (χ3v) is 3.41. The molecule has 0 saturated heterocycles. The molecule has 0 bridgehead atoms. The van der Waals surface area contributed by atoms with Crippen LogP contribution >= 0.6 is 0 Å². The number of anilines is 1. The maximum atomic E-state index is 12.1. The van der Waals surface area contributed by atoms with Gasteiger partial charge in [-0.15, -0.1) is 0 Å². The second-order valence-electron chi connectivity index (χ2n) is 4.71. The maximum absolute atomic E-state index is 12.1. The van der Waals surface area contributed by atoms with Gasteiger partial charge in [0.25, 0.3) is 0 Å². The topological polar surface area (TPSA) is 46.6 Å². The van der Waals surface area contributed by atoms with Crippen LogP contribution < -0.4 is 4.90 Å². The van der Waals surface area contributed by atoms with Crippen molar-refractivity contribution in [2.24, 2.45) is 0 Å². The van der Waals surface area contributed by atoms with Gasteiger partial charge in [0.1, 0.15) is 0 Å². The van der Waals surface area contributed by atoms with Gasteiger partial charge in [0, 0.05) is 25.1 Å². The van der Waals surface area contributed by atoms with E-state index in [1.807, 2.05) is 23.1 Å². The van der Waals surface area contributed by atoms with Crippen LogP contribution in [0.15, 0.2) is 24.3 Å². The van der Waals surface area contributed by atoms with Gasteiger partial charge in [0.15, 0.2) is 0 Å². The molecule has 1 heterocycles. The minimum absolute atomic E-state index is 0.148. The summed E-state index contributed by atoms with van der Waals surface area (Å²) >= 11 is 0. The van der Waals surface area contributed by atoms with Crippen LogP contribution in [0.1, 0.15) is 31.2 Å². The Morgan fingerprint density at radius 1 is 1.32 bits per heavy atom. The molecular weight excluding hydrogens is 242 g/mol. The first-order valence-electron chi connectivity index (χ1n) is 6.67. The highest BCUT2D eigenvalue weighted by molar-refractivity contribution is 5.94. The lowest BCUT2D eigenvalue weighted by Crippen LogP contribution is -2.31. The Bertz CT molecular complexity index is 470. The predicted octanol–water partition coefficient (Wildman–Crippen LogP) is 2.31. The Hall–Kier alpha value is -1.84. The second-order valence-corrected chi connectivity index (χ2v) is 4.71. The lowest BCUT2D eigenvalue weighted by Gasteiger charge is -2.22. The number of aryl methyl sites for hydroxylation is 1. The normalized spacial score (nSPS) is 14.8. The molecule has 0 aliphatic carbocycles. The van der Waals surface area contributed by atoms with Crippen molar-refractivity contribution in [2.75, 3.05) is 18.6 Å². The van der Waals surface area contributed by atoms with Crippen LogP contribution in [0.25, 0.3) is 0 Å². The van der Waals surface area contributed by atoms with Crippen LogP contribution in [-0.4, -0.2) is 25.5 Å². The summed E-state index contributed by atoms with van der Waals surface area (Å²) in [5.41, 5.74) is 2.21. The zero-order valence-electron chi connectivity index (χ0n) is 11.2. The Morgan fingerprint density at radius 2 is 2.11 bits per heavy atom. The fraction of sp³-hybridized carbons (Fsp3) is 0.467. The minimum atomic E-state index is -0.226. The third kappa shape index (κ3) is 3.34. The van der Waals surface area contributed by atoms with Crippen LogP contribution in [0.5, 0.6) is 0 Å². The van der Waals surface area contributed by atoms with E-state index in [-0.39, 0.29) is 11.9 Å². The van der Waals surface area contributed by atoms with E-state index in [0.29, 0.717) is 25.8 Å². The first-order valence-corrected chi connectivity index (χ1v) is 6.67. The van der Waals surface area contributed by atoms with Gasteiger partial charge in [0.05, 0.1) is 7.11 Å². The number of ether oxygens (including phenoxy) is 1. The number of methoxy groups -OCH3 is 1. The van der Waals surface area contributed by atoms with E-state index >= 15 is 0 Å². The number of carbonyl (C=O) groups is 2. The van der Waals surface area contributed by atoms with E-state index in [4.69, 9.17) is 0 Å². The first-order chi connectivity index (χ1) is 9.22. The number of para-hydroxylation sites is 1. The maximum Gasteiger partial charge on any atom is 0.305 e. The van der Waals surface area contributed by atoms with Crippen LogP contribution in [0.4, 0.5) is 5.69 Å². The SMILES string of the molecule is COC(=O)CCCN1C(=O)CCCc2ccccc21. The zero-order chi connectivity index (χ0) is 13.7. The van der Waals surface area contributed by atoms with E-state index in [2.05, 4.69) is 10.8 Å². The van der Waals surface area contributed by atoms with Crippen LogP contribution in [0.3, 0.4) is 0 Å². The highest BCUT2D eigenvalue weighted by atomic mass is 16.5. The quantitative estimate of drug-likeness (QED) is 0.781. The largest absolute Gasteiger partial charge is 0.469 e. The molecule has 2 rings (SSSR count). The molecule has 4 heteroatoms. The number of hydrogen-bond acceptors (Lipinski definition) is 3. The van der Waals surface area contributed by atoms with E-state index in [0.717, 1.165) is 18.5 Å². The number of fused-ring (bicyclic) bond motifs is 1. The summed E-state index contributed by atoms with van der Waals surface area (Å²) in [6.07, 6.45) is 3.39. The van der Waals surface area contributed by atoms with Gasteiger partial charge in [-0.3, -0.25) is 9.59 Å². The number of benzene rings is 1. The Balaban J connectivity index is 2.08. The van der Waals surface area contributed by atoms with Gasteiger partial charge in [-0.05, 0) is 30.9 Å². The molecule has 0 fully saturated rings. The van der Waals surface area contributed by atoms with Crippen molar-refractivity contribution < 1.29 is 14.3 Å². The van der Waals surface area contributed by atoms with Crippen molar-refractivity contribution >= 4 is 17.6 Å². The van der Waals surface area contributed by atoms with Crippen molar-refractivity contribution in [3.8, 4) is 0 Å². The number of nitrogens with zero attached hydrogens (tertiary/aromatic N) is 1. The van der Waals surface area contributed by atoms with Crippen molar-refractivity contribution in [1.29, 1.82) is 0 Å². The van der Waals surface area contributed by atoms with Crippen molar-refractivity contribution in [3.63, 3.8) is 0 Å². The lowest BCUT2D eigenvalue weighted by atomic mass is 10.1. The van der Waals surface area contributed by atoms with Crippen LogP contribution in [0.2, 0.25) is 0 Å². The van der Waals surface area contributed by atoms with Crippen molar-refractivity contribution in [3.05, 3.63) is 29.8 Å². The molecule has 102 valence electrons. The number of rotatable bonds is 4. The summed E-state index contributed by atoms with van der Waals surface area (Å²) in [6, 6.07) is 8.00. The third-order valence-electron chi connectivity index (χ3n) is 3.41. The van der Waals surface area contributed by atoms with E-state index in [9.17, 15) is 9.59 Å². The van der Waals surface area contributed by atoms with Crippen LogP contribution in [-0.2, 0) is 20.7 Å². The molecule has 0 spiro atoms. The molecule has 0 aromatic heterocycles. The molecule has 1 aliphatic heterocycles. The molecule has 0 unspecified atom stereocenters. The van der Waals surface area contributed by atoms with Crippen LogP contribution in [0, 0.1) is 0 Å². The van der Waals surface area contributed by atoms with Gasteiger partial charge < -0.3 is 9.64 Å². The summed E-state index contributed by atoms with van der Waals surface area (Å²) in [7, 11) is 1.38. The fourth-order valence-corrected chi connectivity index (χ4v) is 2.41. The van der Waals surface area contributed by atoms with Gasteiger partial charge in [0.2, 0.25) is 5.91 Å². The molecule has 1 amide bonds. The standard InChI is InChI=1S/C15H19NO3/c1-19-15(18)10-5-11-16-13-8-3-2-6-12(13)7-4-9-14(16)17/h2-3,6,8H,4-5,7,9-11H2,1H3. The Morgan fingerprint density at radius 3 is 2.89 bits per heavy atom. The molecule has 0 saturated carbocycles. The number of amides is 1. The summed E-state index contributed by atoms with van der Waals surface area (Å²) in [5, 5.41) is 0. The molecular formula is C15H19NO3. The van der Waals surface area contributed by atoms with Gasteiger partial charge in [-0.25, -0.2) is 0 Å². The molecule has 1 aromatic carbocycles. The molecule has 0 atom stereocenters. The number of esters is 1. The average molecular weight is 261 g/mol. The monoisotopic (exact) mass is 261 g/mol. The lowest BCUT2D eigenvalue weighted by molar-refractivity contribution is -0.140. The average Bonchev–Trinajstić information content (AvgIpc) is 2.58. The van der Waals surface area contributed by atoms with Crippen molar-refractivity contribution in [2.45, 2.75) is 32.1 Å². The van der Waals surface area contributed by atoms with Crippen molar-refractivity contribution in [1.82, 2.24) is 0 Å². The molecule has 0 radical (unpaired) electrons. The van der Waals surface area contributed by atoms with Gasteiger partial charge in [-0.1, -0.05) is 18.2 Å². The van der Waals surface area contributed by atoms with E-state index in [1.54, 1.807) is 0 Å². The number of hydrogen-bond donors (Lipinski definition) is 0. The molecule has 0 N–H and O–H groups in total. The molecule has 1 aromatic rings. The van der Waals surface area contributed by atoms with E-state index in [1.165, 1.54) is 12.7 Å². The summed E-state index contributed by atoms with van der Waals surface area (Å²) in [5.74, 6) is -0.0784. The number of carbonyl (C=O) groups excluding carboxylic acids is 2. The smallest absolute Gasteiger partial charge is 0.305 e. The first kappa shape index (κ1) is 13.6. The highest BCUT2D eigenvalue weighted by Crippen LogP contribution is 2.26. The molecule has 4 nitrogen and oxygen atoms in total. The minimum Gasteiger partial charge on any atom is -0.469 e. The Labute approximate surface area is 113 Å². The van der Waals surface area contributed by atoms with Gasteiger partial charge in [-0.2, -0.15) is 0 Å². The zero-order valence-corrected chi connectivity index (χ0v) is 11.2. The summed E-state index contributed by atoms with van der Waals surface area (Å²) in [6.45, 7) is 0.574. The second kappa shape index (κ2) is 6.36. The molecule has 19 heavy (non-hydrogen) atoms. The summed E-state index contributed by atoms with van der Waals surface area (Å²) < 4.78 is 4.62. The summed E-state index contributed by atoms with van der Waals surface area (Å²) in [4.78, 5) is 25.1. The predicted molar refractivity (Wildman–Crippen MR) is 73.0 cm³/mol. The van der Waals surface area contributed by atoms with E-state index < -0.39 is 0 Å². The van der Waals surface area contributed by atoms with Gasteiger partial charge >= 0.3 is 5.97 Å².